The Morgan fingerprint density at radius 2 is 2.04 bits per heavy atom. The van der Waals surface area contributed by atoms with Crippen LogP contribution in [0.15, 0.2) is 33.9 Å². The lowest BCUT2D eigenvalue weighted by Crippen LogP contribution is -2.32. The van der Waals surface area contributed by atoms with Gasteiger partial charge >= 0.3 is 11.7 Å². The summed E-state index contributed by atoms with van der Waals surface area (Å²) in [5.41, 5.74) is -0.685. The minimum atomic E-state index is -1.28. The van der Waals surface area contributed by atoms with E-state index in [1.165, 1.54) is 10.6 Å². The van der Waals surface area contributed by atoms with Crippen LogP contribution >= 0.6 is 0 Å². The summed E-state index contributed by atoms with van der Waals surface area (Å²) in [5, 5.41) is 9.49. The van der Waals surface area contributed by atoms with Crippen LogP contribution in [0.5, 0.6) is 11.5 Å². The molecular weight excluding hydrogens is 354 g/mol. The number of aromatic amines is 1. The molecule has 0 unspecified atom stereocenters. The van der Waals surface area contributed by atoms with Crippen LogP contribution < -0.4 is 20.7 Å². The predicted octanol–water partition coefficient (Wildman–Crippen LogP) is 1.59. The first-order valence-corrected chi connectivity index (χ1v) is 8.30. The van der Waals surface area contributed by atoms with Crippen molar-refractivity contribution in [2.75, 3.05) is 6.79 Å². The molecule has 27 heavy (non-hydrogen) atoms. The summed E-state index contributed by atoms with van der Waals surface area (Å²) in [6, 6.07) is 6.40. The maximum absolute atomic E-state index is 12.3. The first-order chi connectivity index (χ1) is 13.0. The number of benzene rings is 1. The van der Waals surface area contributed by atoms with Crippen LogP contribution in [0.1, 0.15) is 23.7 Å². The number of nitrogens with zero attached hydrogens (tertiary/aromatic N) is 2. The van der Waals surface area contributed by atoms with Gasteiger partial charge < -0.3 is 14.6 Å². The van der Waals surface area contributed by atoms with E-state index in [2.05, 4.69) is 9.97 Å². The highest BCUT2D eigenvalue weighted by molar-refractivity contribution is 6.02. The van der Waals surface area contributed by atoms with Gasteiger partial charge in [0.25, 0.3) is 5.56 Å². The Morgan fingerprint density at radius 3 is 2.78 bits per heavy atom. The van der Waals surface area contributed by atoms with Crippen molar-refractivity contribution in [3.05, 3.63) is 50.7 Å². The molecule has 2 N–H and O–H groups in total. The summed E-state index contributed by atoms with van der Waals surface area (Å²) in [5.74, 6) is -0.183. The molecule has 1 aromatic carbocycles. The van der Waals surface area contributed by atoms with Crippen molar-refractivity contribution >= 4 is 17.0 Å². The molecule has 4 rings (SSSR count). The first kappa shape index (κ1) is 16.8. The number of aryl methyl sites for hydroxylation is 1. The number of hydrogen-bond acceptors (Lipinski definition) is 6. The second-order valence-corrected chi connectivity index (χ2v) is 6.04. The van der Waals surface area contributed by atoms with E-state index >= 15 is 0 Å². The fourth-order valence-corrected chi connectivity index (χ4v) is 3.08. The SMILES string of the molecule is CCCn1c(=O)[nH]c(=O)c2c(C(=O)O)cc(-c3ccc4c(c3)OCO4)nc21. The molecule has 2 aromatic heterocycles. The zero-order valence-corrected chi connectivity index (χ0v) is 14.3. The van der Waals surface area contributed by atoms with Crippen LogP contribution in [0.3, 0.4) is 0 Å². The van der Waals surface area contributed by atoms with Crippen molar-refractivity contribution in [3.8, 4) is 22.8 Å². The molecule has 1 aliphatic heterocycles. The highest BCUT2D eigenvalue weighted by Gasteiger charge is 2.21. The average Bonchev–Trinajstić information content (AvgIpc) is 3.11. The van der Waals surface area contributed by atoms with Gasteiger partial charge in [-0.05, 0) is 30.7 Å². The van der Waals surface area contributed by atoms with Crippen LogP contribution in [0.2, 0.25) is 0 Å². The number of ether oxygens (including phenoxy) is 2. The van der Waals surface area contributed by atoms with Crippen LogP contribution in [0, 0.1) is 0 Å². The molecule has 0 fully saturated rings. The fourth-order valence-electron chi connectivity index (χ4n) is 3.08. The molecule has 9 heteroatoms. The molecule has 0 saturated heterocycles. The van der Waals surface area contributed by atoms with Crippen molar-refractivity contribution in [1.29, 1.82) is 0 Å². The van der Waals surface area contributed by atoms with Crippen molar-refractivity contribution in [2.24, 2.45) is 0 Å². The Morgan fingerprint density at radius 1 is 1.26 bits per heavy atom. The third-order valence-electron chi connectivity index (χ3n) is 4.29. The summed E-state index contributed by atoms with van der Waals surface area (Å²) in [6.07, 6.45) is 0.611. The highest BCUT2D eigenvalue weighted by atomic mass is 16.7. The number of pyridine rings is 1. The third kappa shape index (κ3) is 2.73. The van der Waals surface area contributed by atoms with Crippen LogP contribution in [-0.4, -0.2) is 32.4 Å². The lowest BCUT2D eigenvalue weighted by atomic mass is 10.1. The van der Waals surface area contributed by atoms with Crippen molar-refractivity contribution in [2.45, 2.75) is 19.9 Å². The summed E-state index contributed by atoms with van der Waals surface area (Å²) < 4.78 is 11.9. The molecule has 138 valence electrons. The summed E-state index contributed by atoms with van der Waals surface area (Å²) >= 11 is 0. The van der Waals surface area contributed by atoms with Crippen molar-refractivity contribution in [3.63, 3.8) is 0 Å². The number of aromatic nitrogens is 3. The van der Waals surface area contributed by atoms with Gasteiger partial charge in [0.05, 0.1) is 16.6 Å². The predicted molar refractivity (Wildman–Crippen MR) is 95.4 cm³/mol. The standard InChI is InChI=1S/C18H15N3O6/c1-2-5-21-15-14(16(22)20-18(21)25)10(17(23)24)7-11(19-15)9-3-4-12-13(6-9)27-8-26-12/h3-4,6-7H,2,5,8H2,1H3,(H,23,24)(H,20,22,25). The van der Waals surface area contributed by atoms with E-state index in [0.29, 0.717) is 35.7 Å². The molecule has 9 nitrogen and oxygen atoms in total. The number of hydrogen-bond donors (Lipinski definition) is 2. The van der Waals surface area contributed by atoms with Crippen molar-refractivity contribution in [1.82, 2.24) is 14.5 Å². The highest BCUT2D eigenvalue weighted by Crippen LogP contribution is 2.36. The molecule has 0 amide bonds. The summed E-state index contributed by atoms with van der Waals surface area (Å²) in [7, 11) is 0. The van der Waals surface area contributed by atoms with Crippen LogP contribution in [0.4, 0.5) is 0 Å². The Balaban J connectivity index is 2.05. The maximum Gasteiger partial charge on any atom is 0.336 e. The van der Waals surface area contributed by atoms with E-state index in [9.17, 15) is 19.5 Å². The molecule has 3 aromatic rings. The van der Waals surface area contributed by atoms with E-state index in [0.717, 1.165) is 0 Å². The van der Waals surface area contributed by atoms with Gasteiger partial charge in [0.1, 0.15) is 0 Å². The van der Waals surface area contributed by atoms with E-state index in [-0.39, 0.29) is 23.4 Å². The van der Waals surface area contributed by atoms with E-state index < -0.39 is 17.2 Å². The molecule has 0 aliphatic carbocycles. The van der Waals surface area contributed by atoms with Gasteiger partial charge in [-0.2, -0.15) is 0 Å². The number of carbonyl (C=O) groups is 1. The monoisotopic (exact) mass is 369 g/mol. The number of H-pyrrole nitrogens is 1. The Kier molecular flexibility index (Phi) is 3.91. The molecule has 0 bridgehead atoms. The summed E-state index contributed by atoms with van der Waals surface area (Å²) in [6.45, 7) is 2.27. The minimum absolute atomic E-state index is 0.0400. The molecular formula is C18H15N3O6. The van der Waals surface area contributed by atoms with E-state index in [4.69, 9.17) is 9.47 Å². The minimum Gasteiger partial charge on any atom is -0.478 e. The lowest BCUT2D eigenvalue weighted by molar-refractivity contribution is 0.0699. The topological polar surface area (TPSA) is 124 Å². The first-order valence-electron chi connectivity index (χ1n) is 8.30. The number of carboxylic acid groups (broad SMARTS) is 1. The zero-order chi connectivity index (χ0) is 19.1. The molecule has 3 heterocycles. The van der Waals surface area contributed by atoms with E-state index in [1.54, 1.807) is 18.2 Å². The molecule has 0 atom stereocenters. The number of nitrogens with one attached hydrogen (secondary N) is 1. The largest absolute Gasteiger partial charge is 0.478 e. The van der Waals surface area contributed by atoms with Gasteiger partial charge in [-0.3, -0.25) is 14.3 Å². The van der Waals surface area contributed by atoms with Gasteiger partial charge in [0.2, 0.25) is 6.79 Å². The van der Waals surface area contributed by atoms with E-state index in [1.807, 2.05) is 6.92 Å². The average molecular weight is 369 g/mol. The second kappa shape index (κ2) is 6.27. The third-order valence-corrected chi connectivity index (χ3v) is 4.29. The smallest absolute Gasteiger partial charge is 0.336 e. The molecule has 0 spiro atoms. The van der Waals surface area contributed by atoms with Gasteiger partial charge in [-0.15, -0.1) is 0 Å². The maximum atomic E-state index is 12.3. The fraction of sp³-hybridized carbons (Fsp3) is 0.222. The number of rotatable bonds is 4. The Hall–Kier alpha value is -3.62. The second-order valence-electron chi connectivity index (χ2n) is 6.04. The van der Waals surface area contributed by atoms with Crippen LogP contribution in [0.25, 0.3) is 22.3 Å². The Bertz CT molecular complexity index is 1190. The molecule has 0 saturated carbocycles. The van der Waals surface area contributed by atoms with Crippen LogP contribution in [-0.2, 0) is 6.54 Å². The molecule has 1 aliphatic rings. The normalized spacial score (nSPS) is 12.5. The Labute approximate surface area is 151 Å². The quantitative estimate of drug-likeness (QED) is 0.716. The molecule has 0 radical (unpaired) electrons. The van der Waals surface area contributed by atoms with Gasteiger partial charge in [-0.25, -0.2) is 14.6 Å². The van der Waals surface area contributed by atoms with Gasteiger partial charge in [0.15, 0.2) is 17.1 Å². The van der Waals surface area contributed by atoms with Gasteiger partial charge in [0, 0.05) is 12.1 Å². The lowest BCUT2D eigenvalue weighted by Gasteiger charge is -2.11. The summed E-state index contributed by atoms with van der Waals surface area (Å²) in [4.78, 5) is 42.9. The van der Waals surface area contributed by atoms with Crippen molar-refractivity contribution < 1.29 is 19.4 Å². The number of fused-ring (bicyclic) bond motifs is 2. The number of carboxylic acids is 1. The number of aromatic carboxylic acids is 1. The van der Waals surface area contributed by atoms with Gasteiger partial charge in [-0.1, -0.05) is 6.92 Å². The zero-order valence-electron chi connectivity index (χ0n) is 14.3.